The number of rotatable bonds is 17. The van der Waals surface area contributed by atoms with Crippen LogP contribution in [0.1, 0.15) is 59.8 Å². The molecule has 0 bridgehead atoms. The molecule has 2 amide bonds. The normalized spacial score (nSPS) is 9.93. The highest BCUT2D eigenvalue weighted by Crippen LogP contribution is 2.24. The number of nitrogens with one attached hydrogen (secondary N) is 4. The molecule has 4 aromatic carbocycles. The number of fused-ring (bicyclic) bond motifs is 1. The van der Waals surface area contributed by atoms with Crippen LogP contribution in [0.3, 0.4) is 0 Å². The van der Waals surface area contributed by atoms with Gasteiger partial charge in [0.25, 0.3) is 0 Å². The summed E-state index contributed by atoms with van der Waals surface area (Å²) in [6.45, 7) is 2.93. The number of carbonyl (C=O) groups is 4. The van der Waals surface area contributed by atoms with Crippen molar-refractivity contribution in [2.24, 2.45) is 5.10 Å². The molecule has 314 valence electrons. The monoisotopic (exact) mass is 821 g/mol. The number of amides is 2. The highest BCUT2D eigenvalue weighted by molar-refractivity contribution is 6.39. The van der Waals surface area contributed by atoms with Crippen LogP contribution in [-0.2, 0) is 57.8 Å². The first-order valence-electron chi connectivity index (χ1n) is 18.6. The SMILES string of the molecule is CC(=O)C(CCCCNC(=O)OCc1ccccc1)=NNc1ccccc1.COC(=O)c1[nH]c2ccccc2c1CCCNC(=O)OCc1ccccc1.O=C=O.O=C=O. The molecule has 0 fully saturated rings. The number of ether oxygens (including phenoxy) is 3. The maximum absolute atomic E-state index is 12.0. The van der Waals surface area contributed by atoms with Crippen molar-refractivity contribution in [1.82, 2.24) is 15.6 Å². The second-order valence-electron chi connectivity index (χ2n) is 12.3. The summed E-state index contributed by atoms with van der Waals surface area (Å²) in [6, 6.07) is 36.2. The van der Waals surface area contributed by atoms with Crippen LogP contribution in [0.2, 0.25) is 0 Å². The number of aromatic nitrogens is 1. The summed E-state index contributed by atoms with van der Waals surface area (Å²) in [5, 5.41) is 10.6. The fraction of sp³-hybridized carbons (Fsp3) is 0.250. The van der Waals surface area contributed by atoms with Crippen LogP contribution in [0.25, 0.3) is 10.9 Å². The minimum absolute atomic E-state index is 0.0614. The molecular formula is C44H47N5O11. The standard InChI is InChI=1S/C21H25N3O3.C21H22N2O4.2CO2/c1-17(25)20(24-23-19-12-6-3-7-13-19)14-8-9-15-22-21(26)27-16-18-10-4-2-5-11-18;1-26-20(24)19-17(16-10-5-6-12-18(16)23-19)11-7-13-22-21(25)27-14-15-8-3-2-4-9-15;2*2-1-3/h2-7,10-13,23H,8-9,14-16H2,1H3,(H,22,26);2-6,8-10,12,23H,7,11,13-14H2,1H3,(H,22,25);;. The predicted octanol–water partition coefficient (Wildman–Crippen LogP) is 6.79. The lowest BCUT2D eigenvalue weighted by Crippen LogP contribution is -2.25. The van der Waals surface area contributed by atoms with Gasteiger partial charge >= 0.3 is 30.5 Å². The number of hydrazone groups is 1. The van der Waals surface area contributed by atoms with Crippen molar-refractivity contribution in [3.8, 4) is 0 Å². The zero-order chi connectivity index (χ0) is 43.8. The number of aromatic amines is 1. The van der Waals surface area contributed by atoms with Crippen molar-refractivity contribution in [2.75, 3.05) is 25.6 Å². The van der Waals surface area contributed by atoms with E-state index in [0.717, 1.165) is 46.1 Å². The largest absolute Gasteiger partial charge is 0.464 e. The molecule has 0 spiro atoms. The van der Waals surface area contributed by atoms with E-state index in [1.165, 1.54) is 14.0 Å². The topological polar surface area (TPSA) is 228 Å². The van der Waals surface area contributed by atoms with Gasteiger partial charge in [-0.3, -0.25) is 10.2 Å². The molecule has 0 radical (unpaired) electrons. The van der Waals surface area contributed by atoms with Crippen LogP contribution in [0.5, 0.6) is 0 Å². The minimum atomic E-state index is -0.453. The predicted molar refractivity (Wildman–Crippen MR) is 219 cm³/mol. The average molecular weight is 822 g/mol. The lowest BCUT2D eigenvalue weighted by atomic mass is 10.1. The van der Waals surface area contributed by atoms with Crippen molar-refractivity contribution in [3.05, 3.63) is 138 Å². The van der Waals surface area contributed by atoms with Crippen molar-refractivity contribution < 1.29 is 52.6 Å². The van der Waals surface area contributed by atoms with Gasteiger partial charge in [0.15, 0.2) is 5.78 Å². The molecular weight excluding hydrogens is 775 g/mol. The summed E-state index contributed by atoms with van der Waals surface area (Å²) in [5.74, 6) is -0.454. The first-order valence-corrected chi connectivity index (χ1v) is 18.6. The number of esters is 1. The van der Waals surface area contributed by atoms with Crippen molar-refractivity contribution >= 4 is 58.5 Å². The zero-order valence-electron chi connectivity index (χ0n) is 33.3. The van der Waals surface area contributed by atoms with Crippen LogP contribution in [-0.4, -0.2) is 67.1 Å². The Morgan fingerprint density at radius 3 is 1.65 bits per heavy atom. The lowest BCUT2D eigenvalue weighted by molar-refractivity contribution is -0.193. The third-order valence-corrected chi connectivity index (χ3v) is 8.11. The highest BCUT2D eigenvalue weighted by atomic mass is 16.6. The number of anilines is 1. The lowest BCUT2D eigenvalue weighted by Gasteiger charge is -2.08. The first-order chi connectivity index (χ1) is 29.2. The van der Waals surface area contributed by atoms with Crippen LogP contribution >= 0.6 is 0 Å². The van der Waals surface area contributed by atoms with Gasteiger partial charge in [0.2, 0.25) is 0 Å². The van der Waals surface area contributed by atoms with Gasteiger partial charge in [0, 0.05) is 30.9 Å². The molecule has 0 unspecified atom stereocenters. The minimum Gasteiger partial charge on any atom is -0.464 e. The van der Waals surface area contributed by atoms with E-state index >= 15 is 0 Å². The number of para-hydroxylation sites is 2. The highest BCUT2D eigenvalue weighted by Gasteiger charge is 2.18. The van der Waals surface area contributed by atoms with Gasteiger partial charge in [-0.25, -0.2) is 14.4 Å². The van der Waals surface area contributed by atoms with E-state index in [1.807, 2.05) is 115 Å². The Balaban J connectivity index is 0.000000365. The molecule has 0 aliphatic rings. The number of hydrogen-bond donors (Lipinski definition) is 4. The van der Waals surface area contributed by atoms with Gasteiger partial charge in [0.05, 0.1) is 12.8 Å². The van der Waals surface area contributed by atoms with Crippen molar-refractivity contribution in [3.63, 3.8) is 0 Å². The summed E-state index contributed by atoms with van der Waals surface area (Å²) < 4.78 is 15.2. The molecule has 0 aliphatic heterocycles. The van der Waals surface area contributed by atoms with Gasteiger partial charge < -0.3 is 29.8 Å². The van der Waals surface area contributed by atoms with Crippen LogP contribution in [0.15, 0.2) is 120 Å². The summed E-state index contributed by atoms with van der Waals surface area (Å²) in [4.78, 5) is 82.8. The fourth-order valence-electron chi connectivity index (χ4n) is 5.30. The quantitative estimate of drug-likeness (QED) is 0.0250. The molecule has 1 heterocycles. The number of benzene rings is 4. The first kappa shape index (κ1) is 48.5. The summed E-state index contributed by atoms with van der Waals surface area (Å²) in [5.41, 5.74) is 8.36. The Morgan fingerprint density at radius 1 is 0.650 bits per heavy atom. The smallest absolute Gasteiger partial charge is 0.407 e. The Hall–Kier alpha value is -7.67. The maximum Gasteiger partial charge on any atom is 0.407 e. The molecule has 60 heavy (non-hydrogen) atoms. The summed E-state index contributed by atoms with van der Waals surface area (Å²) >= 11 is 0. The molecule has 0 saturated carbocycles. The molecule has 16 nitrogen and oxygen atoms in total. The Morgan fingerprint density at radius 2 is 1.13 bits per heavy atom. The molecule has 5 rings (SSSR count). The molecule has 16 heteroatoms. The van der Waals surface area contributed by atoms with E-state index in [4.69, 9.17) is 33.4 Å². The Labute approximate surface area is 346 Å². The third kappa shape index (κ3) is 19.5. The molecule has 0 atom stereocenters. The van der Waals surface area contributed by atoms with E-state index < -0.39 is 18.2 Å². The van der Waals surface area contributed by atoms with E-state index in [0.29, 0.717) is 43.8 Å². The van der Waals surface area contributed by atoms with Gasteiger partial charge in [-0.1, -0.05) is 97.1 Å². The second-order valence-corrected chi connectivity index (χ2v) is 12.3. The van der Waals surface area contributed by atoms with Crippen LogP contribution < -0.4 is 16.1 Å². The zero-order valence-corrected chi connectivity index (χ0v) is 33.3. The van der Waals surface area contributed by atoms with Gasteiger partial charge in [-0.2, -0.15) is 24.3 Å². The fourth-order valence-corrected chi connectivity index (χ4v) is 5.30. The Bertz CT molecular complexity index is 2130. The van der Waals surface area contributed by atoms with Gasteiger partial charge in [-0.15, -0.1) is 0 Å². The summed E-state index contributed by atoms with van der Waals surface area (Å²) in [6.07, 6.45) is 2.94. The number of carbonyl (C=O) groups excluding carboxylic acids is 8. The van der Waals surface area contributed by atoms with E-state index in [1.54, 1.807) is 0 Å². The number of methoxy groups -OCH3 is 1. The number of alkyl carbamates (subject to hydrolysis) is 2. The van der Waals surface area contributed by atoms with Crippen molar-refractivity contribution in [1.29, 1.82) is 0 Å². The third-order valence-electron chi connectivity index (χ3n) is 8.11. The molecule has 4 N–H and O–H groups in total. The number of nitrogens with zero attached hydrogens (tertiary/aromatic N) is 1. The van der Waals surface area contributed by atoms with E-state index in [9.17, 15) is 19.2 Å². The number of ketones is 1. The van der Waals surface area contributed by atoms with E-state index in [2.05, 4.69) is 26.1 Å². The Kier molecular flexibility index (Phi) is 23.9. The van der Waals surface area contributed by atoms with Crippen LogP contribution in [0.4, 0.5) is 15.3 Å². The maximum atomic E-state index is 12.0. The number of Topliss-reactive ketones (excluding diaryl/α,β-unsaturated/α-hetero) is 1. The van der Waals surface area contributed by atoms with E-state index in [-0.39, 0.29) is 31.3 Å². The van der Waals surface area contributed by atoms with Gasteiger partial charge in [0.1, 0.15) is 24.6 Å². The number of unbranched alkanes of at least 4 members (excludes halogenated alkanes) is 1. The second kappa shape index (κ2) is 29.6. The average Bonchev–Trinajstić information content (AvgIpc) is 3.64. The molecule has 0 saturated heterocycles. The van der Waals surface area contributed by atoms with Crippen LogP contribution in [0, 0.1) is 0 Å². The van der Waals surface area contributed by atoms with Gasteiger partial charge in [-0.05, 0) is 67.0 Å². The number of H-pyrrole nitrogens is 1. The molecule has 1 aromatic heterocycles. The van der Waals surface area contributed by atoms with Crippen molar-refractivity contribution in [2.45, 2.75) is 52.2 Å². The number of hydrogen-bond acceptors (Lipinski definition) is 13. The summed E-state index contributed by atoms with van der Waals surface area (Å²) in [7, 11) is 1.36. The molecule has 0 aliphatic carbocycles. The number of aryl methyl sites for hydroxylation is 1. The molecule has 5 aromatic rings.